The standard InChI is InChI=1S/C13H4Cl7O2P/c14-6-2-8(16)12-4(10(6)18)1-5-11(19)7(15)3-9(17)13(5)22-23(20)21-12/h2-3H,1H2. The van der Waals surface area contributed by atoms with E-state index in [0.29, 0.717) is 22.6 Å². The Balaban J connectivity index is 2.30. The van der Waals surface area contributed by atoms with E-state index >= 15 is 0 Å². The summed E-state index contributed by atoms with van der Waals surface area (Å²) in [5.74, 6) is 0.583. The highest BCUT2D eigenvalue weighted by Gasteiger charge is 2.29. The number of fused-ring (bicyclic) bond motifs is 2. The van der Waals surface area contributed by atoms with E-state index in [1.165, 1.54) is 12.1 Å². The molecule has 2 aromatic rings. The van der Waals surface area contributed by atoms with Crippen LogP contribution in [0.15, 0.2) is 12.1 Å². The summed E-state index contributed by atoms with van der Waals surface area (Å²) in [4.78, 5) is 0. The highest BCUT2D eigenvalue weighted by Crippen LogP contribution is 2.55. The van der Waals surface area contributed by atoms with Crippen LogP contribution in [0.25, 0.3) is 0 Å². The number of hydrogen-bond acceptors (Lipinski definition) is 2. The van der Waals surface area contributed by atoms with Crippen LogP contribution >= 0.6 is 88.6 Å². The topological polar surface area (TPSA) is 18.5 Å². The molecule has 0 unspecified atom stereocenters. The summed E-state index contributed by atoms with van der Waals surface area (Å²) in [6.45, 7) is 0. The molecule has 2 aromatic carbocycles. The average Bonchev–Trinajstić information content (AvgIpc) is 2.46. The Morgan fingerprint density at radius 2 is 1.09 bits per heavy atom. The molecule has 2 nitrogen and oxygen atoms in total. The summed E-state index contributed by atoms with van der Waals surface area (Å²) in [6, 6.07) is 2.94. The second kappa shape index (κ2) is 7.02. The summed E-state index contributed by atoms with van der Waals surface area (Å²) < 4.78 is 11.2. The predicted molar refractivity (Wildman–Crippen MR) is 99.8 cm³/mol. The van der Waals surface area contributed by atoms with Crippen molar-refractivity contribution in [2.45, 2.75) is 6.42 Å². The first-order chi connectivity index (χ1) is 10.8. The van der Waals surface area contributed by atoms with E-state index in [4.69, 9.17) is 89.9 Å². The number of halogens is 7. The van der Waals surface area contributed by atoms with Gasteiger partial charge < -0.3 is 9.05 Å². The van der Waals surface area contributed by atoms with Crippen LogP contribution in [0.2, 0.25) is 30.1 Å². The van der Waals surface area contributed by atoms with Crippen LogP contribution in [-0.2, 0) is 6.42 Å². The highest BCUT2D eigenvalue weighted by atomic mass is 35.7. The first-order valence-corrected chi connectivity index (χ1v) is 10.3. The van der Waals surface area contributed by atoms with E-state index in [2.05, 4.69) is 0 Å². The number of rotatable bonds is 0. The van der Waals surface area contributed by atoms with E-state index in [1.807, 2.05) is 0 Å². The Bertz CT molecular complexity index is 746. The number of hydrogen-bond donors (Lipinski definition) is 0. The Morgan fingerprint density at radius 1 is 0.696 bits per heavy atom. The zero-order valence-electron chi connectivity index (χ0n) is 10.8. The second-order valence-electron chi connectivity index (χ2n) is 4.50. The molecule has 0 aromatic heterocycles. The fourth-order valence-corrected chi connectivity index (χ4v) is 4.87. The van der Waals surface area contributed by atoms with Gasteiger partial charge in [0.2, 0.25) is 0 Å². The zero-order chi connectivity index (χ0) is 16.9. The molecule has 10 heteroatoms. The van der Waals surface area contributed by atoms with E-state index in [9.17, 15) is 0 Å². The first-order valence-electron chi connectivity index (χ1n) is 5.94. The van der Waals surface area contributed by atoms with Crippen LogP contribution in [0.3, 0.4) is 0 Å². The van der Waals surface area contributed by atoms with Gasteiger partial charge in [0.15, 0.2) is 11.5 Å². The molecule has 122 valence electrons. The molecule has 23 heavy (non-hydrogen) atoms. The van der Waals surface area contributed by atoms with Crippen molar-refractivity contribution in [3.63, 3.8) is 0 Å². The third-order valence-corrected chi connectivity index (χ3v) is 6.40. The van der Waals surface area contributed by atoms with Crippen LogP contribution in [0, 0.1) is 0 Å². The minimum absolute atomic E-state index is 0.211. The Kier molecular flexibility index (Phi) is 5.58. The minimum atomic E-state index is -1.89. The first kappa shape index (κ1) is 18.3. The summed E-state index contributed by atoms with van der Waals surface area (Å²) >= 11 is 43.3. The molecule has 0 fully saturated rings. The molecule has 0 atom stereocenters. The fraction of sp³-hybridized carbons (Fsp3) is 0.0769. The Morgan fingerprint density at radius 3 is 1.48 bits per heavy atom. The zero-order valence-corrected chi connectivity index (χ0v) is 17.0. The van der Waals surface area contributed by atoms with Gasteiger partial charge in [-0.1, -0.05) is 69.6 Å². The van der Waals surface area contributed by atoms with Crippen LogP contribution in [0.1, 0.15) is 11.1 Å². The van der Waals surface area contributed by atoms with Crippen LogP contribution in [-0.4, -0.2) is 0 Å². The van der Waals surface area contributed by atoms with Crippen LogP contribution < -0.4 is 9.05 Å². The van der Waals surface area contributed by atoms with Gasteiger partial charge in [-0.05, 0) is 23.4 Å². The minimum Gasteiger partial charge on any atom is -0.425 e. The van der Waals surface area contributed by atoms with Gasteiger partial charge in [0.25, 0.3) is 0 Å². The molecule has 0 saturated heterocycles. The third-order valence-electron chi connectivity index (χ3n) is 3.12. The molecule has 1 aliphatic rings. The van der Waals surface area contributed by atoms with Gasteiger partial charge in [0, 0.05) is 17.5 Å². The van der Waals surface area contributed by atoms with E-state index < -0.39 is 7.73 Å². The van der Waals surface area contributed by atoms with E-state index in [1.54, 1.807) is 0 Å². The highest BCUT2D eigenvalue weighted by molar-refractivity contribution is 7.76. The molecule has 0 saturated carbocycles. The predicted octanol–water partition coefficient (Wildman–Crippen LogP) is 8.43. The molecule has 0 bridgehead atoms. The third kappa shape index (κ3) is 3.43. The Hall–Kier alpha value is 0.500. The van der Waals surface area contributed by atoms with Gasteiger partial charge in [-0.3, -0.25) is 0 Å². The summed E-state index contributed by atoms with van der Waals surface area (Å²) in [5, 5.41) is 1.66. The smallest absolute Gasteiger partial charge is 0.401 e. The van der Waals surface area contributed by atoms with Gasteiger partial charge in [-0.15, -0.1) is 0 Å². The molecule has 0 spiro atoms. The molecule has 0 amide bonds. The van der Waals surface area contributed by atoms with Crippen molar-refractivity contribution < 1.29 is 9.05 Å². The van der Waals surface area contributed by atoms with Crippen molar-refractivity contribution in [1.82, 2.24) is 0 Å². The van der Waals surface area contributed by atoms with Crippen molar-refractivity contribution in [3.05, 3.63) is 53.4 Å². The van der Waals surface area contributed by atoms with Crippen molar-refractivity contribution in [1.29, 1.82) is 0 Å². The van der Waals surface area contributed by atoms with E-state index in [-0.39, 0.29) is 36.6 Å². The van der Waals surface area contributed by atoms with Crippen LogP contribution in [0.4, 0.5) is 0 Å². The largest absolute Gasteiger partial charge is 0.425 e. The van der Waals surface area contributed by atoms with Crippen molar-refractivity contribution in [3.8, 4) is 11.5 Å². The quantitative estimate of drug-likeness (QED) is 0.284. The Labute approximate surface area is 168 Å². The van der Waals surface area contributed by atoms with Crippen LogP contribution in [0.5, 0.6) is 11.5 Å². The monoisotopic (exact) mass is 468 g/mol. The summed E-state index contributed by atoms with van der Waals surface area (Å²) in [5.41, 5.74) is 1.06. The van der Waals surface area contributed by atoms with Gasteiger partial charge in [0.05, 0.1) is 30.1 Å². The van der Waals surface area contributed by atoms with Crippen molar-refractivity contribution in [2.75, 3.05) is 0 Å². The maximum atomic E-state index is 6.30. The molecule has 3 rings (SSSR count). The lowest BCUT2D eigenvalue weighted by atomic mass is 10.0. The average molecular weight is 471 g/mol. The van der Waals surface area contributed by atoms with Crippen molar-refractivity contribution in [2.24, 2.45) is 0 Å². The van der Waals surface area contributed by atoms with Gasteiger partial charge in [-0.25, -0.2) is 0 Å². The molecule has 0 N–H and O–H groups in total. The van der Waals surface area contributed by atoms with Gasteiger partial charge in [-0.2, -0.15) is 0 Å². The lowest BCUT2D eigenvalue weighted by Gasteiger charge is -2.24. The molecule has 1 heterocycles. The molecular weight excluding hydrogens is 467 g/mol. The van der Waals surface area contributed by atoms with Gasteiger partial charge >= 0.3 is 7.73 Å². The van der Waals surface area contributed by atoms with E-state index in [0.717, 1.165) is 0 Å². The summed E-state index contributed by atoms with van der Waals surface area (Å²) in [7, 11) is -1.89. The normalized spacial score (nSPS) is 14.2. The molecular formula is C13H4Cl7O2P. The fourth-order valence-electron chi connectivity index (χ4n) is 2.11. The number of benzene rings is 2. The summed E-state index contributed by atoms with van der Waals surface area (Å²) in [6.07, 6.45) is 0.211. The SMILES string of the molecule is Clc1cc(Cl)c2c(c1Cl)Cc1c(Cl)c(Cl)cc(Cl)c1OP(Cl)O2. The maximum absolute atomic E-state index is 6.30. The van der Waals surface area contributed by atoms with Gasteiger partial charge in [0.1, 0.15) is 0 Å². The molecule has 0 aliphatic carbocycles. The molecule has 0 radical (unpaired) electrons. The lowest BCUT2D eigenvalue weighted by molar-refractivity contribution is 0.495. The second-order valence-corrected chi connectivity index (χ2v) is 8.50. The maximum Gasteiger partial charge on any atom is 0.401 e. The lowest BCUT2D eigenvalue weighted by Crippen LogP contribution is -2.05. The van der Waals surface area contributed by atoms with Crippen molar-refractivity contribution >= 4 is 88.6 Å². The molecule has 1 aliphatic heterocycles.